The maximum Gasteiger partial charge on any atom is 0.126 e. The summed E-state index contributed by atoms with van der Waals surface area (Å²) >= 11 is 5.83. The Kier molecular flexibility index (Phi) is 4.17. The van der Waals surface area contributed by atoms with Crippen LogP contribution in [0, 0.1) is 18.6 Å². The van der Waals surface area contributed by atoms with Crippen molar-refractivity contribution in [2.24, 2.45) is 5.73 Å². The monoisotopic (exact) mass is 281 g/mol. The topological polar surface area (TPSA) is 26.0 Å². The summed E-state index contributed by atoms with van der Waals surface area (Å²) < 4.78 is 26.9. The average Bonchev–Trinajstić information content (AvgIpc) is 2.32. The molecule has 1 unspecified atom stereocenters. The standard InChI is InChI=1S/C15H14ClF2N/c1-9-4-11(7-13(17)5-9)15(19)8-10-6-12(16)2-3-14(10)18/h2-7,15H,8,19H2,1H3. The van der Waals surface area contributed by atoms with E-state index in [2.05, 4.69) is 0 Å². The van der Waals surface area contributed by atoms with Gasteiger partial charge in [0.25, 0.3) is 0 Å². The van der Waals surface area contributed by atoms with Crippen LogP contribution >= 0.6 is 11.6 Å². The van der Waals surface area contributed by atoms with Crippen molar-refractivity contribution in [1.29, 1.82) is 0 Å². The van der Waals surface area contributed by atoms with Crippen molar-refractivity contribution in [3.05, 3.63) is 69.7 Å². The molecule has 4 heteroatoms. The molecule has 0 aliphatic carbocycles. The largest absolute Gasteiger partial charge is 0.324 e. The first kappa shape index (κ1) is 14.0. The van der Waals surface area contributed by atoms with Gasteiger partial charge in [-0.2, -0.15) is 0 Å². The van der Waals surface area contributed by atoms with E-state index in [4.69, 9.17) is 17.3 Å². The van der Waals surface area contributed by atoms with Crippen LogP contribution in [-0.4, -0.2) is 0 Å². The average molecular weight is 282 g/mol. The Morgan fingerprint density at radius 2 is 1.89 bits per heavy atom. The molecule has 0 aliphatic rings. The molecule has 0 heterocycles. The van der Waals surface area contributed by atoms with E-state index in [1.165, 1.54) is 24.3 Å². The van der Waals surface area contributed by atoms with Gasteiger partial charge in [0.1, 0.15) is 11.6 Å². The molecule has 1 nitrogen and oxygen atoms in total. The summed E-state index contributed by atoms with van der Waals surface area (Å²) in [5, 5.41) is 0.457. The fourth-order valence-electron chi connectivity index (χ4n) is 2.03. The molecule has 0 aliphatic heterocycles. The molecule has 0 saturated heterocycles. The quantitative estimate of drug-likeness (QED) is 0.898. The number of benzene rings is 2. The van der Waals surface area contributed by atoms with Gasteiger partial charge in [0.05, 0.1) is 0 Å². The molecule has 0 amide bonds. The van der Waals surface area contributed by atoms with E-state index in [1.54, 1.807) is 19.1 Å². The third kappa shape index (κ3) is 3.52. The van der Waals surface area contributed by atoms with Gasteiger partial charge in [0.2, 0.25) is 0 Å². The van der Waals surface area contributed by atoms with E-state index in [-0.39, 0.29) is 18.1 Å². The first-order valence-corrected chi connectivity index (χ1v) is 6.30. The summed E-state index contributed by atoms with van der Waals surface area (Å²) in [6.45, 7) is 1.79. The maximum absolute atomic E-state index is 13.6. The molecule has 2 rings (SSSR count). The fourth-order valence-corrected chi connectivity index (χ4v) is 2.23. The van der Waals surface area contributed by atoms with Gasteiger partial charge in [0, 0.05) is 11.1 Å². The fraction of sp³-hybridized carbons (Fsp3) is 0.200. The minimum atomic E-state index is -0.470. The predicted molar refractivity (Wildman–Crippen MR) is 73.2 cm³/mol. The van der Waals surface area contributed by atoms with E-state index in [0.717, 1.165) is 5.56 Å². The minimum absolute atomic E-state index is 0.273. The lowest BCUT2D eigenvalue weighted by Crippen LogP contribution is -2.14. The second-order valence-corrected chi connectivity index (χ2v) is 5.04. The Labute approximate surface area is 116 Å². The van der Waals surface area contributed by atoms with Crippen molar-refractivity contribution in [1.82, 2.24) is 0 Å². The van der Waals surface area contributed by atoms with Crippen molar-refractivity contribution in [3.63, 3.8) is 0 Å². The highest BCUT2D eigenvalue weighted by Gasteiger charge is 2.12. The minimum Gasteiger partial charge on any atom is -0.324 e. The zero-order chi connectivity index (χ0) is 14.0. The predicted octanol–water partition coefficient (Wildman–Crippen LogP) is 4.17. The number of aryl methyl sites for hydroxylation is 1. The third-order valence-corrected chi connectivity index (χ3v) is 3.18. The van der Waals surface area contributed by atoms with Gasteiger partial charge in [-0.05, 0) is 60.4 Å². The normalized spacial score (nSPS) is 12.5. The van der Waals surface area contributed by atoms with E-state index in [0.29, 0.717) is 16.1 Å². The van der Waals surface area contributed by atoms with Crippen molar-refractivity contribution < 1.29 is 8.78 Å². The van der Waals surface area contributed by atoms with Gasteiger partial charge in [-0.25, -0.2) is 8.78 Å². The van der Waals surface area contributed by atoms with Crippen molar-refractivity contribution in [2.75, 3.05) is 0 Å². The summed E-state index contributed by atoms with van der Waals surface area (Å²) in [6.07, 6.45) is 0.273. The van der Waals surface area contributed by atoms with Crippen LogP contribution in [0.25, 0.3) is 0 Å². The molecular weight excluding hydrogens is 268 g/mol. The molecule has 1 atom stereocenters. The molecule has 2 aromatic carbocycles. The first-order chi connectivity index (χ1) is 8.95. The highest BCUT2D eigenvalue weighted by molar-refractivity contribution is 6.30. The van der Waals surface area contributed by atoms with E-state index < -0.39 is 6.04 Å². The molecule has 0 saturated carbocycles. The van der Waals surface area contributed by atoms with Gasteiger partial charge < -0.3 is 5.73 Å². The highest BCUT2D eigenvalue weighted by Crippen LogP contribution is 2.22. The summed E-state index contributed by atoms with van der Waals surface area (Å²) in [4.78, 5) is 0. The zero-order valence-corrected chi connectivity index (χ0v) is 11.2. The maximum atomic E-state index is 13.6. The summed E-state index contributed by atoms with van der Waals surface area (Å²) in [6, 6.07) is 8.47. The SMILES string of the molecule is Cc1cc(F)cc(C(N)Cc2cc(Cl)ccc2F)c1. The molecule has 2 aromatic rings. The third-order valence-electron chi connectivity index (χ3n) is 2.94. The van der Waals surface area contributed by atoms with Crippen LogP contribution in [0.5, 0.6) is 0 Å². The van der Waals surface area contributed by atoms with Crippen LogP contribution in [0.1, 0.15) is 22.7 Å². The molecule has 0 spiro atoms. The lowest BCUT2D eigenvalue weighted by Gasteiger charge is -2.14. The van der Waals surface area contributed by atoms with Crippen LogP contribution in [-0.2, 0) is 6.42 Å². The van der Waals surface area contributed by atoms with Crippen molar-refractivity contribution >= 4 is 11.6 Å². The summed E-state index contributed by atoms with van der Waals surface area (Å²) in [5.74, 6) is -0.690. The van der Waals surface area contributed by atoms with Gasteiger partial charge in [0.15, 0.2) is 0 Å². The number of rotatable bonds is 3. The Balaban J connectivity index is 2.25. The first-order valence-electron chi connectivity index (χ1n) is 5.92. The molecule has 0 aromatic heterocycles. The number of hydrogen-bond donors (Lipinski definition) is 1. The van der Waals surface area contributed by atoms with Crippen LogP contribution in [0.2, 0.25) is 5.02 Å². The van der Waals surface area contributed by atoms with Crippen molar-refractivity contribution in [2.45, 2.75) is 19.4 Å². The highest BCUT2D eigenvalue weighted by atomic mass is 35.5. The Bertz CT molecular complexity index is 578. The van der Waals surface area contributed by atoms with Gasteiger partial charge >= 0.3 is 0 Å². The zero-order valence-electron chi connectivity index (χ0n) is 10.5. The van der Waals surface area contributed by atoms with Crippen LogP contribution < -0.4 is 5.73 Å². The lowest BCUT2D eigenvalue weighted by molar-refractivity contribution is 0.589. The van der Waals surface area contributed by atoms with E-state index in [1.807, 2.05) is 0 Å². The number of halogens is 3. The molecule has 100 valence electrons. The van der Waals surface area contributed by atoms with E-state index in [9.17, 15) is 8.78 Å². The van der Waals surface area contributed by atoms with E-state index >= 15 is 0 Å². The smallest absolute Gasteiger partial charge is 0.126 e. The Morgan fingerprint density at radius 3 is 2.58 bits per heavy atom. The summed E-state index contributed by atoms with van der Waals surface area (Å²) in [7, 11) is 0. The molecule has 0 fully saturated rings. The Morgan fingerprint density at radius 1 is 1.16 bits per heavy atom. The molecule has 2 N–H and O–H groups in total. The van der Waals surface area contributed by atoms with Gasteiger partial charge in [-0.1, -0.05) is 17.7 Å². The molecule has 0 bridgehead atoms. The second-order valence-electron chi connectivity index (χ2n) is 4.61. The lowest BCUT2D eigenvalue weighted by atomic mass is 9.98. The Hall–Kier alpha value is -1.45. The molecular formula is C15H14ClF2N. The summed E-state index contributed by atoms with van der Waals surface area (Å²) in [5.41, 5.74) is 7.88. The van der Waals surface area contributed by atoms with Crippen LogP contribution in [0.4, 0.5) is 8.78 Å². The van der Waals surface area contributed by atoms with Crippen LogP contribution in [0.3, 0.4) is 0 Å². The van der Waals surface area contributed by atoms with Gasteiger partial charge in [-0.15, -0.1) is 0 Å². The molecule has 0 radical (unpaired) electrons. The molecule has 19 heavy (non-hydrogen) atoms. The number of nitrogens with two attached hydrogens (primary N) is 1. The van der Waals surface area contributed by atoms with Gasteiger partial charge in [-0.3, -0.25) is 0 Å². The van der Waals surface area contributed by atoms with Crippen molar-refractivity contribution in [3.8, 4) is 0 Å². The number of hydrogen-bond acceptors (Lipinski definition) is 1. The second kappa shape index (κ2) is 5.68. The van der Waals surface area contributed by atoms with Crippen LogP contribution in [0.15, 0.2) is 36.4 Å².